The standard InChI is InChI=1S/C23H27F2NO2/c1-3-14(7-9-27)22-18(8-10-28)19-12-17(11-15(4-2)23(19)26-22)16-5-6-20(24)21(25)13-16/h5-6,11-14,26-28H,3-4,7-10H2,1-2H3. The maximum Gasteiger partial charge on any atom is 0.159 e. The van der Waals surface area contributed by atoms with Crippen molar-refractivity contribution in [1.29, 1.82) is 0 Å². The molecule has 1 atom stereocenters. The maximum absolute atomic E-state index is 13.8. The van der Waals surface area contributed by atoms with Gasteiger partial charge in [0.2, 0.25) is 0 Å². The van der Waals surface area contributed by atoms with Crippen LogP contribution in [0.15, 0.2) is 30.3 Å². The third-order valence-corrected chi connectivity index (χ3v) is 5.50. The van der Waals surface area contributed by atoms with Crippen LogP contribution in [0.5, 0.6) is 0 Å². The first kappa shape index (κ1) is 20.5. The predicted molar refractivity (Wildman–Crippen MR) is 109 cm³/mol. The van der Waals surface area contributed by atoms with E-state index in [9.17, 15) is 19.0 Å². The number of H-pyrrole nitrogens is 1. The second kappa shape index (κ2) is 8.84. The molecule has 1 heterocycles. The Kier molecular flexibility index (Phi) is 6.47. The highest BCUT2D eigenvalue weighted by Crippen LogP contribution is 2.36. The zero-order valence-electron chi connectivity index (χ0n) is 16.4. The van der Waals surface area contributed by atoms with Crippen molar-refractivity contribution in [3.8, 4) is 11.1 Å². The summed E-state index contributed by atoms with van der Waals surface area (Å²) in [6.45, 7) is 4.27. The van der Waals surface area contributed by atoms with Gasteiger partial charge in [-0.3, -0.25) is 0 Å². The number of hydrogen-bond acceptors (Lipinski definition) is 2. The molecular weight excluding hydrogens is 360 g/mol. The molecule has 0 fully saturated rings. The van der Waals surface area contributed by atoms with Crippen molar-refractivity contribution in [2.24, 2.45) is 0 Å². The number of rotatable bonds is 8. The minimum absolute atomic E-state index is 0.0202. The van der Waals surface area contributed by atoms with Crippen LogP contribution >= 0.6 is 0 Å². The van der Waals surface area contributed by atoms with Crippen LogP contribution in [-0.2, 0) is 12.8 Å². The van der Waals surface area contributed by atoms with Crippen LogP contribution in [0.1, 0.15) is 49.4 Å². The van der Waals surface area contributed by atoms with Crippen molar-refractivity contribution in [2.75, 3.05) is 13.2 Å². The molecule has 0 aliphatic rings. The third-order valence-electron chi connectivity index (χ3n) is 5.50. The van der Waals surface area contributed by atoms with Gasteiger partial charge in [-0.1, -0.05) is 19.9 Å². The second-order valence-electron chi connectivity index (χ2n) is 7.15. The van der Waals surface area contributed by atoms with Crippen molar-refractivity contribution >= 4 is 10.9 Å². The molecule has 0 spiro atoms. The van der Waals surface area contributed by atoms with Gasteiger partial charge >= 0.3 is 0 Å². The number of benzene rings is 2. The normalized spacial score (nSPS) is 12.6. The number of nitrogens with one attached hydrogen (secondary N) is 1. The van der Waals surface area contributed by atoms with E-state index in [1.165, 1.54) is 6.07 Å². The van der Waals surface area contributed by atoms with Crippen LogP contribution in [-0.4, -0.2) is 28.4 Å². The maximum atomic E-state index is 13.8. The van der Waals surface area contributed by atoms with Gasteiger partial charge in [0.05, 0.1) is 0 Å². The van der Waals surface area contributed by atoms with Gasteiger partial charge in [-0.25, -0.2) is 8.78 Å². The smallest absolute Gasteiger partial charge is 0.159 e. The monoisotopic (exact) mass is 387 g/mol. The van der Waals surface area contributed by atoms with E-state index in [4.69, 9.17) is 0 Å². The highest BCUT2D eigenvalue weighted by Gasteiger charge is 2.20. The highest BCUT2D eigenvalue weighted by molar-refractivity contribution is 5.92. The molecule has 0 bridgehead atoms. The lowest BCUT2D eigenvalue weighted by atomic mass is 9.92. The summed E-state index contributed by atoms with van der Waals surface area (Å²) in [4.78, 5) is 3.55. The molecule has 1 aromatic heterocycles. The van der Waals surface area contributed by atoms with Gasteiger partial charge in [-0.05, 0) is 72.2 Å². The molecule has 1 unspecified atom stereocenters. The average Bonchev–Trinajstić information content (AvgIpc) is 3.06. The molecule has 3 N–H and O–H groups in total. The fourth-order valence-electron chi connectivity index (χ4n) is 4.00. The van der Waals surface area contributed by atoms with Crippen molar-refractivity contribution < 1.29 is 19.0 Å². The summed E-state index contributed by atoms with van der Waals surface area (Å²) in [5, 5.41) is 20.1. The zero-order chi connectivity index (χ0) is 20.3. The predicted octanol–water partition coefficient (Wildman–Crippen LogP) is 5.09. The van der Waals surface area contributed by atoms with Gasteiger partial charge in [0.15, 0.2) is 11.6 Å². The van der Waals surface area contributed by atoms with E-state index < -0.39 is 11.6 Å². The summed E-state index contributed by atoms with van der Waals surface area (Å²) in [6.07, 6.45) is 2.81. The Morgan fingerprint density at radius 1 is 0.964 bits per heavy atom. The molecule has 0 aliphatic heterocycles. The number of aromatic amines is 1. The minimum Gasteiger partial charge on any atom is -0.396 e. The third kappa shape index (κ3) is 3.82. The van der Waals surface area contributed by atoms with Crippen molar-refractivity contribution in [3.05, 3.63) is 58.8 Å². The number of fused-ring (bicyclic) bond motifs is 1. The molecule has 3 nitrogen and oxygen atoms in total. The zero-order valence-corrected chi connectivity index (χ0v) is 16.4. The minimum atomic E-state index is -0.866. The van der Waals surface area contributed by atoms with Crippen LogP contribution < -0.4 is 0 Å². The quantitative estimate of drug-likeness (QED) is 0.504. The molecule has 3 rings (SSSR count). The number of hydrogen-bond donors (Lipinski definition) is 3. The number of halogens is 2. The Morgan fingerprint density at radius 3 is 2.36 bits per heavy atom. The molecule has 28 heavy (non-hydrogen) atoms. The highest BCUT2D eigenvalue weighted by atomic mass is 19.2. The Hall–Kier alpha value is -2.24. The molecule has 2 aromatic carbocycles. The van der Waals surface area contributed by atoms with Crippen LogP contribution in [0.4, 0.5) is 8.78 Å². The SMILES string of the molecule is CCc1cc(-c2ccc(F)c(F)c2)cc2c(CCO)c(C(CC)CCO)[nH]c12. The van der Waals surface area contributed by atoms with Gasteiger partial charge in [-0.15, -0.1) is 0 Å². The molecule has 150 valence electrons. The van der Waals surface area contributed by atoms with E-state index in [2.05, 4.69) is 18.8 Å². The van der Waals surface area contributed by atoms with Crippen LogP contribution in [0.3, 0.4) is 0 Å². The fraction of sp³-hybridized carbons (Fsp3) is 0.391. The molecule has 3 aromatic rings. The largest absolute Gasteiger partial charge is 0.396 e. The van der Waals surface area contributed by atoms with E-state index in [-0.39, 0.29) is 19.1 Å². The lowest BCUT2D eigenvalue weighted by Crippen LogP contribution is -2.05. The van der Waals surface area contributed by atoms with Crippen molar-refractivity contribution in [1.82, 2.24) is 4.98 Å². The summed E-state index contributed by atoms with van der Waals surface area (Å²) in [6, 6.07) is 7.93. The summed E-state index contributed by atoms with van der Waals surface area (Å²) in [7, 11) is 0. The molecule has 0 radical (unpaired) electrons. The Bertz CT molecular complexity index is 965. The summed E-state index contributed by atoms with van der Waals surface area (Å²) < 4.78 is 27.1. The first-order valence-electron chi connectivity index (χ1n) is 9.88. The first-order chi connectivity index (χ1) is 13.5. The summed E-state index contributed by atoms with van der Waals surface area (Å²) in [5.41, 5.74) is 5.64. The number of aryl methyl sites for hydroxylation is 1. The van der Waals surface area contributed by atoms with Gasteiger partial charge in [-0.2, -0.15) is 0 Å². The molecule has 0 saturated heterocycles. The summed E-state index contributed by atoms with van der Waals surface area (Å²) in [5.74, 6) is -1.55. The topological polar surface area (TPSA) is 56.2 Å². The van der Waals surface area contributed by atoms with Crippen LogP contribution in [0.25, 0.3) is 22.0 Å². The van der Waals surface area contributed by atoms with E-state index in [1.54, 1.807) is 6.07 Å². The van der Waals surface area contributed by atoms with E-state index in [0.29, 0.717) is 18.4 Å². The first-order valence-corrected chi connectivity index (χ1v) is 9.88. The van der Waals surface area contributed by atoms with Gasteiger partial charge in [0.25, 0.3) is 0 Å². The Labute approximate surface area is 164 Å². The van der Waals surface area contributed by atoms with E-state index in [0.717, 1.165) is 52.2 Å². The molecule has 0 saturated carbocycles. The number of aliphatic hydroxyl groups excluding tert-OH is 2. The average molecular weight is 387 g/mol. The van der Waals surface area contributed by atoms with Crippen molar-refractivity contribution in [3.63, 3.8) is 0 Å². The van der Waals surface area contributed by atoms with E-state index >= 15 is 0 Å². The Balaban J connectivity index is 2.24. The molecule has 0 aliphatic carbocycles. The number of aromatic nitrogens is 1. The van der Waals surface area contributed by atoms with Gasteiger partial charge in [0, 0.05) is 35.7 Å². The van der Waals surface area contributed by atoms with Crippen molar-refractivity contribution in [2.45, 2.75) is 45.4 Å². The van der Waals surface area contributed by atoms with Gasteiger partial charge < -0.3 is 15.2 Å². The van der Waals surface area contributed by atoms with Gasteiger partial charge in [0.1, 0.15) is 0 Å². The second-order valence-corrected chi connectivity index (χ2v) is 7.15. The summed E-state index contributed by atoms with van der Waals surface area (Å²) >= 11 is 0. The Morgan fingerprint density at radius 2 is 1.75 bits per heavy atom. The van der Waals surface area contributed by atoms with Crippen LogP contribution in [0, 0.1) is 11.6 Å². The molecule has 5 heteroatoms. The fourth-order valence-corrected chi connectivity index (χ4v) is 4.00. The number of aliphatic hydroxyl groups is 2. The lowest BCUT2D eigenvalue weighted by Gasteiger charge is -2.14. The molecular formula is C23H27F2NO2. The lowest BCUT2D eigenvalue weighted by molar-refractivity contribution is 0.272. The molecule has 0 amide bonds. The van der Waals surface area contributed by atoms with Crippen LogP contribution in [0.2, 0.25) is 0 Å². The van der Waals surface area contributed by atoms with E-state index in [1.807, 2.05) is 12.1 Å².